The summed E-state index contributed by atoms with van der Waals surface area (Å²) >= 11 is 0. The SMILES string of the molecule is CCc1cccc2c1-c1ccccc1-c1ccccc1-c1ccccc1-2. The van der Waals surface area contributed by atoms with Crippen LogP contribution in [0.25, 0.3) is 44.5 Å². The third kappa shape index (κ3) is 2.16. The molecular formula is C26H20. The summed E-state index contributed by atoms with van der Waals surface area (Å²) in [5.41, 5.74) is 12.0. The highest BCUT2D eigenvalue weighted by Crippen LogP contribution is 2.48. The van der Waals surface area contributed by atoms with Gasteiger partial charge in [0.1, 0.15) is 0 Å². The molecule has 0 heteroatoms. The van der Waals surface area contributed by atoms with Crippen LogP contribution in [0.3, 0.4) is 0 Å². The minimum absolute atomic E-state index is 1.03. The van der Waals surface area contributed by atoms with Crippen LogP contribution in [0.4, 0.5) is 0 Å². The minimum Gasteiger partial charge on any atom is -0.0616 e. The number of hydrogen-bond donors (Lipinski definition) is 0. The molecule has 0 aromatic heterocycles. The maximum absolute atomic E-state index is 2.28. The minimum atomic E-state index is 1.03. The first kappa shape index (κ1) is 15.2. The number of rotatable bonds is 1. The third-order valence-electron chi connectivity index (χ3n) is 5.45. The molecule has 26 heavy (non-hydrogen) atoms. The molecule has 0 nitrogen and oxygen atoms in total. The van der Waals surface area contributed by atoms with Gasteiger partial charge in [0.15, 0.2) is 0 Å². The Morgan fingerprint density at radius 3 is 1.31 bits per heavy atom. The van der Waals surface area contributed by atoms with Gasteiger partial charge in [-0.05, 0) is 56.5 Å². The normalized spacial score (nSPS) is 11.4. The van der Waals surface area contributed by atoms with Gasteiger partial charge in [-0.15, -0.1) is 0 Å². The predicted octanol–water partition coefficient (Wildman–Crippen LogP) is 7.23. The van der Waals surface area contributed by atoms with Crippen LogP contribution >= 0.6 is 0 Å². The van der Waals surface area contributed by atoms with E-state index in [1.165, 1.54) is 50.1 Å². The monoisotopic (exact) mass is 332 g/mol. The van der Waals surface area contributed by atoms with Gasteiger partial charge in [-0.1, -0.05) is 97.9 Å². The van der Waals surface area contributed by atoms with Crippen LogP contribution in [0, 0.1) is 0 Å². The van der Waals surface area contributed by atoms with Crippen LogP contribution in [0.15, 0.2) is 91.0 Å². The van der Waals surface area contributed by atoms with E-state index >= 15 is 0 Å². The first-order chi connectivity index (χ1) is 12.9. The lowest BCUT2D eigenvalue weighted by atomic mass is 9.79. The summed E-state index contributed by atoms with van der Waals surface area (Å²) in [7, 11) is 0. The molecule has 5 rings (SSSR count). The van der Waals surface area contributed by atoms with Gasteiger partial charge >= 0.3 is 0 Å². The Balaban J connectivity index is 2.02. The Bertz CT molecular complexity index is 1110. The average molecular weight is 332 g/mol. The molecule has 0 amide bonds. The molecule has 0 bridgehead atoms. The van der Waals surface area contributed by atoms with E-state index in [1.54, 1.807) is 0 Å². The van der Waals surface area contributed by atoms with E-state index < -0.39 is 0 Å². The summed E-state index contributed by atoms with van der Waals surface area (Å²) in [6.07, 6.45) is 1.03. The second kappa shape index (κ2) is 6.00. The van der Waals surface area contributed by atoms with Crippen molar-refractivity contribution in [3.05, 3.63) is 96.6 Å². The summed E-state index contributed by atoms with van der Waals surface area (Å²) in [6, 6.07) is 33.2. The van der Waals surface area contributed by atoms with Gasteiger partial charge in [-0.2, -0.15) is 0 Å². The van der Waals surface area contributed by atoms with E-state index in [-0.39, 0.29) is 0 Å². The first-order valence-electron chi connectivity index (χ1n) is 9.29. The highest BCUT2D eigenvalue weighted by Gasteiger charge is 2.22. The lowest BCUT2D eigenvalue weighted by Gasteiger charge is -2.24. The molecule has 0 atom stereocenters. The first-order valence-corrected chi connectivity index (χ1v) is 9.29. The molecule has 0 unspecified atom stereocenters. The lowest BCUT2D eigenvalue weighted by Crippen LogP contribution is -1.99. The highest BCUT2D eigenvalue weighted by atomic mass is 14.3. The van der Waals surface area contributed by atoms with E-state index in [0.717, 1.165) is 6.42 Å². The number of fused-ring (bicyclic) bond motifs is 8. The second-order valence-corrected chi connectivity index (χ2v) is 6.83. The maximum atomic E-state index is 2.28. The van der Waals surface area contributed by atoms with Crippen molar-refractivity contribution in [3.63, 3.8) is 0 Å². The largest absolute Gasteiger partial charge is 0.0616 e. The molecule has 0 saturated carbocycles. The van der Waals surface area contributed by atoms with E-state index in [1.807, 2.05) is 0 Å². The van der Waals surface area contributed by atoms with Gasteiger partial charge in [-0.3, -0.25) is 0 Å². The molecule has 0 heterocycles. The summed E-state index contributed by atoms with van der Waals surface area (Å²) in [4.78, 5) is 0. The Morgan fingerprint density at radius 1 is 0.423 bits per heavy atom. The average Bonchev–Trinajstić information content (AvgIpc) is 2.72. The zero-order chi connectivity index (χ0) is 17.5. The van der Waals surface area contributed by atoms with Crippen LogP contribution in [0.2, 0.25) is 0 Å². The Kier molecular flexibility index (Phi) is 3.50. The Morgan fingerprint density at radius 2 is 0.808 bits per heavy atom. The molecule has 0 aliphatic heterocycles. The molecule has 0 saturated heterocycles. The predicted molar refractivity (Wildman–Crippen MR) is 111 cm³/mol. The van der Waals surface area contributed by atoms with Gasteiger partial charge in [-0.25, -0.2) is 0 Å². The van der Waals surface area contributed by atoms with Crippen molar-refractivity contribution in [1.82, 2.24) is 0 Å². The Labute approximate surface area is 154 Å². The Hall–Kier alpha value is -3.12. The zero-order valence-electron chi connectivity index (χ0n) is 14.9. The van der Waals surface area contributed by atoms with Crippen LogP contribution in [0.1, 0.15) is 12.5 Å². The fraction of sp³-hybridized carbons (Fsp3) is 0.0769. The molecule has 4 aromatic carbocycles. The van der Waals surface area contributed by atoms with Gasteiger partial charge in [0.25, 0.3) is 0 Å². The smallest absolute Gasteiger partial charge is 0.00670 e. The lowest BCUT2D eigenvalue weighted by molar-refractivity contribution is 1.14. The van der Waals surface area contributed by atoms with Crippen molar-refractivity contribution in [2.75, 3.05) is 0 Å². The number of aryl methyl sites for hydroxylation is 1. The number of benzene rings is 4. The fourth-order valence-electron chi connectivity index (χ4n) is 4.28. The summed E-state index contributed by atoms with van der Waals surface area (Å²) < 4.78 is 0. The van der Waals surface area contributed by atoms with Crippen LogP contribution < -0.4 is 0 Å². The van der Waals surface area contributed by atoms with Crippen LogP contribution in [0.5, 0.6) is 0 Å². The summed E-state index contributed by atoms with van der Waals surface area (Å²) in [6.45, 7) is 2.25. The van der Waals surface area contributed by atoms with Crippen LogP contribution in [-0.4, -0.2) is 0 Å². The van der Waals surface area contributed by atoms with Gasteiger partial charge in [0.2, 0.25) is 0 Å². The van der Waals surface area contributed by atoms with Crippen molar-refractivity contribution in [3.8, 4) is 44.5 Å². The quantitative estimate of drug-likeness (QED) is 0.304. The van der Waals surface area contributed by atoms with Gasteiger partial charge in [0.05, 0.1) is 0 Å². The molecule has 0 N–H and O–H groups in total. The van der Waals surface area contributed by atoms with Crippen molar-refractivity contribution < 1.29 is 0 Å². The molecule has 0 fully saturated rings. The van der Waals surface area contributed by atoms with Crippen molar-refractivity contribution in [2.24, 2.45) is 0 Å². The second-order valence-electron chi connectivity index (χ2n) is 6.83. The van der Waals surface area contributed by atoms with E-state index in [4.69, 9.17) is 0 Å². The molecule has 1 aliphatic rings. The maximum Gasteiger partial charge on any atom is -0.00670 e. The zero-order valence-corrected chi connectivity index (χ0v) is 14.9. The molecule has 4 aromatic rings. The fourth-order valence-corrected chi connectivity index (χ4v) is 4.28. The van der Waals surface area contributed by atoms with E-state index in [9.17, 15) is 0 Å². The van der Waals surface area contributed by atoms with Crippen LogP contribution in [-0.2, 0) is 6.42 Å². The molecular weight excluding hydrogens is 312 g/mol. The standard InChI is InChI=1S/C26H20/c1-2-18-10-9-17-25-23-14-6-5-13-21(23)19-11-3-4-12-20(19)22-15-7-8-16-24(22)26(18)25/h3-17H,2H2,1H3. The van der Waals surface area contributed by atoms with Crippen molar-refractivity contribution in [1.29, 1.82) is 0 Å². The molecule has 0 spiro atoms. The summed E-state index contributed by atoms with van der Waals surface area (Å²) in [5.74, 6) is 0. The van der Waals surface area contributed by atoms with E-state index in [0.29, 0.717) is 0 Å². The highest BCUT2D eigenvalue weighted by molar-refractivity contribution is 6.03. The topological polar surface area (TPSA) is 0 Å². The molecule has 1 aliphatic carbocycles. The molecule has 124 valence electrons. The van der Waals surface area contributed by atoms with Gasteiger partial charge < -0.3 is 0 Å². The third-order valence-corrected chi connectivity index (χ3v) is 5.45. The van der Waals surface area contributed by atoms with Gasteiger partial charge in [0, 0.05) is 0 Å². The summed E-state index contributed by atoms with van der Waals surface area (Å²) in [5, 5.41) is 0. The van der Waals surface area contributed by atoms with Crippen molar-refractivity contribution in [2.45, 2.75) is 13.3 Å². The number of hydrogen-bond acceptors (Lipinski definition) is 0. The van der Waals surface area contributed by atoms with E-state index in [2.05, 4.69) is 97.9 Å². The van der Waals surface area contributed by atoms with Crippen molar-refractivity contribution >= 4 is 0 Å². The molecule has 0 radical (unpaired) electrons.